The Morgan fingerprint density at radius 2 is 1.94 bits per heavy atom. The largest absolute Gasteiger partial charge is 0.338 e. The van der Waals surface area contributed by atoms with E-state index in [2.05, 4.69) is 14.9 Å². The van der Waals surface area contributed by atoms with Gasteiger partial charge in [0.25, 0.3) is 0 Å². The van der Waals surface area contributed by atoms with E-state index in [0.29, 0.717) is 6.04 Å². The molecule has 0 aromatic carbocycles. The minimum atomic E-state index is 0.615. The molecule has 2 N–H and O–H groups in total. The molecule has 4 nitrogen and oxygen atoms in total. The van der Waals surface area contributed by atoms with Crippen molar-refractivity contribution in [1.82, 2.24) is 9.97 Å². The second-order valence-corrected chi connectivity index (χ2v) is 4.83. The van der Waals surface area contributed by atoms with E-state index >= 15 is 0 Å². The fraction of sp³-hybridized carbons (Fsp3) is 0.692. The fourth-order valence-electron chi connectivity index (χ4n) is 2.46. The molecule has 1 aromatic heterocycles. The van der Waals surface area contributed by atoms with E-state index < -0.39 is 0 Å². The molecule has 2 rings (SSSR count). The Morgan fingerprint density at radius 1 is 1.29 bits per heavy atom. The number of aryl methyl sites for hydroxylation is 1. The van der Waals surface area contributed by atoms with Crippen molar-refractivity contribution in [2.24, 2.45) is 5.73 Å². The summed E-state index contributed by atoms with van der Waals surface area (Å²) < 4.78 is 0. The van der Waals surface area contributed by atoms with Gasteiger partial charge >= 0.3 is 0 Å². The lowest BCUT2D eigenvalue weighted by atomic mass is 10.2. The quantitative estimate of drug-likeness (QED) is 0.845. The lowest BCUT2D eigenvalue weighted by Gasteiger charge is -2.28. The Labute approximate surface area is 103 Å². The normalized spacial score (nSPS) is 16.4. The lowest BCUT2D eigenvalue weighted by molar-refractivity contribution is 0.579. The predicted molar refractivity (Wildman–Crippen MR) is 70.0 cm³/mol. The molecular weight excluding hydrogens is 212 g/mol. The highest BCUT2D eigenvalue weighted by molar-refractivity contribution is 5.32. The summed E-state index contributed by atoms with van der Waals surface area (Å²) in [5, 5.41) is 0. The highest BCUT2D eigenvalue weighted by Crippen LogP contribution is 2.26. The number of aromatic nitrogens is 2. The molecule has 1 heterocycles. The molecule has 0 unspecified atom stereocenters. The van der Waals surface area contributed by atoms with Gasteiger partial charge in [-0.1, -0.05) is 12.8 Å². The van der Waals surface area contributed by atoms with Crippen molar-refractivity contribution in [3.8, 4) is 0 Å². The predicted octanol–water partition coefficient (Wildman–Crippen LogP) is 1.88. The highest BCUT2D eigenvalue weighted by Gasteiger charge is 2.23. The standard InChI is InChI=1S/C13H22N4/c1-11-9-15-13(16-10-11)17(8-4-7-14)12-5-2-3-6-12/h9-10,12H,2-8,14H2,1H3. The molecular formula is C13H22N4. The molecule has 0 amide bonds. The van der Waals surface area contributed by atoms with Crippen molar-refractivity contribution in [3.05, 3.63) is 18.0 Å². The summed E-state index contributed by atoms with van der Waals surface area (Å²) >= 11 is 0. The van der Waals surface area contributed by atoms with Gasteiger partial charge in [0.15, 0.2) is 0 Å². The monoisotopic (exact) mass is 234 g/mol. The first-order valence-corrected chi connectivity index (χ1v) is 6.56. The summed E-state index contributed by atoms with van der Waals surface area (Å²) in [6, 6.07) is 0.615. The zero-order valence-electron chi connectivity index (χ0n) is 10.6. The number of nitrogens with two attached hydrogens (primary N) is 1. The van der Waals surface area contributed by atoms with Crippen LogP contribution in [0.5, 0.6) is 0 Å². The molecule has 1 aliphatic carbocycles. The summed E-state index contributed by atoms with van der Waals surface area (Å²) in [5.74, 6) is 0.871. The molecule has 0 bridgehead atoms. The molecule has 0 atom stereocenters. The maximum Gasteiger partial charge on any atom is 0.225 e. The van der Waals surface area contributed by atoms with Gasteiger partial charge < -0.3 is 10.6 Å². The number of anilines is 1. The summed E-state index contributed by atoms with van der Waals surface area (Å²) in [4.78, 5) is 11.2. The van der Waals surface area contributed by atoms with Gasteiger partial charge in [0, 0.05) is 25.0 Å². The molecule has 0 aliphatic heterocycles. The Balaban J connectivity index is 2.10. The van der Waals surface area contributed by atoms with Gasteiger partial charge in [0.1, 0.15) is 0 Å². The van der Waals surface area contributed by atoms with E-state index in [1.54, 1.807) is 0 Å². The second kappa shape index (κ2) is 5.96. The van der Waals surface area contributed by atoms with Crippen molar-refractivity contribution in [3.63, 3.8) is 0 Å². The average Bonchev–Trinajstić information content (AvgIpc) is 2.85. The van der Waals surface area contributed by atoms with Gasteiger partial charge in [0.05, 0.1) is 0 Å². The second-order valence-electron chi connectivity index (χ2n) is 4.83. The zero-order valence-corrected chi connectivity index (χ0v) is 10.6. The molecule has 17 heavy (non-hydrogen) atoms. The third-order valence-corrected chi connectivity index (χ3v) is 3.39. The Morgan fingerprint density at radius 3 is 2.53 bits per heavy atom. The average molecular weight is 234 g/mol. The summed E-state index contributed by atoms with van der Waals surface area (Å²) in [6.07, 6.45) is 9.99. The topological polar surface area (TPSA) is 55.0 Å². The minimum Gasteiger partial charge on any atom is -0.338 e. The van der Waals surface area contributed by atoms with E-state index in [9.17, 15) is 0 Å². The lowest BCUT2D eigenvalue weighted by Crippen LogP contribution is -2.36. The SMILES string of the molecule is Cc1cnc(N(CCCN)C2CCCC2)nc1. The third kappa shape index (κ3) is 3.16. The number of rotatable bonds is 5. The highest BCUT2D eigenvalue weighted by atomic mass is 15.3. The molecule has 0 radical (unpaired) electrons. The minimum absolute atomic E-state index is 0.615. The van der Waals surface area contributed by atoms with Crippen LogP contribution in [-0.4, -0.2) is 29.1 Å². The smallest absolute Gasteiger partial charge is 0.225 e. The Hall–Kier alpha value is -1.16. The van der Waals surface area contributed by atoms with Crippen LogP contribution < -0.4 is 10.6 Å². The van der Waals surface area contributed by atoms with Crippen LogP contribution in [0.3, 0.4) is 0 Å². The first-order chi connectivity index (χ1) is 8.31. The van der Waals surface area contributed by atoms with Crippen molar-refractivity contribution in [1.29, 1.82) is 0 Å². The van der Waals surface area contributed by atoms with E-state index in [0.717, 1.165) is 31.0 Å². The molecule has 1 aliphatic rings. The van der Waals surface area contributed by atoms with Gasteiger partial charge in [0.2, 0.25) is 5.95 Å². The van der Waals surface area contributed by atoms with Crippen LogP contribution in [0.2, 0.25) is 0 Å². The van der Waals surface area contributed by atoms with Crippen molar-refractivity contribution in [2.75, 3.05) is 18.0 Å². The summed E-state index contributed by atoms with van der Waals surface area (Å²) in [6.45, 7) is 3.73. The summed E-state index contributed by atoms with van der Waals surface area (Å²) in [7, 11) is 0. The van der Waals surface area contributed by atoms with Crippen molar-refractivity contribution < 1.29 is 0 Å². The van der Waals surface area contributed by atoms with Crippen LogP contribution in [0.1, 0.15) is 37.7 Å². The van der Waals surface area contributed by atoms with Gasteiger partial charge in [-0.2, -0.15) is 0 Å². The van der Waals surface area contributed by atoms with Crippen LogP contribution in [0.15, 0.2) is 12.4 Å². The molecule has 94 valence electrons. The molecule has 4 heteroatoms. The van der Waals surface area contributed by atoms with E-state index in [-0.39, 0.29) is 0 Å². The van der Waals surface area contributed by atoms with E-state index in [1.165, 1.54) is 25.7 Å². The maximum absolute atomic E-state index is 5.61. The van der Waals surface area contributed by atoms with Crippen molar-refractivity contribution in [2.45, 2.75) is 45.1 Å². The third-order valence-electron chi connectivity index (χ3n) is 3.39. The van der Waals surface area contributed by atoms with Gasteiger partial charge in [-0.15, -0.1) is 0 Å². The molecule has 0 spiro atoms. The Kier molecular flexibility index (Phi) is 4.31. The van der Waals surface area contributed by atoms with Crippen LogP contribution in [-0.2, 0) is 0 Å². The Bertz CT molecular complexity index is 330. The molecule has 1 aromatic rings. The van der Waals surface area contributed by atoms with Crippen LogP contribution in [0.25, 0.3) is 0 Å². The number of nitrogens with zero attached hydrogens (tertiary/aromatic N) is 3. The zero-order chi connectivity index (χ0) is 12.1. The maximum atomic E-state index is 5.61. The molecule has 1 fully saturated rings. The molecule has 0 saturated heterocycles. The van der Waals surface area contributed by atoms with E-state index in [4.69, 9.17) is 5.73 Å². The fourth-order valence-corrected chi connectivity index (χ4v) is 2.46. The van der Waals surface area contributed by atoms with Crippen molar-refractivity contribution >= 4 is 5.95 Å². The van der Waals surface area contributed by atoms with Crippen LogP contribution in [0, 0.1) is 6.92 Å². The van der Waals surface area contributed by atoms with Crippen LogP contribution >= 0.6 is 0 Å². The van der Waals surface area contributed by atoms with Gasteiger partial charge in [-0.3, -0.25) is 0 Å². The van der Waals surface area contributed by atoms with Gasteiger partial charge in [-0.05, 0) is 38.3 Å². The molecule has 1 saturated carbocycles. The number of hydrogen-bond acceptors (Lipinski definition) is 4. The van der Waals surface area contributed by atoms with Crippen LogP contribution in [0.4, 0.5) is 5.95 Å². The summed E-state index contributed by atoms with van der Waals surface area (Å²) in [5.41, 5.74) is 6.72. The van der Waals surface area contributed by atoms with E-state index in [1.807, 2.05) is 19.3 Å². The number of hydrogen-bond donors (Lipinski definition) is 1. The first kappa shape index (κ1) is 12.3. The first-order valence-electron chi connectivity index (χ1n) is 6.56. The van der Waals surface area contributed by atoms with Gasteiger partial charge in [-0.25, -0.2) is 9.97 Å².